The van der Waals surface area contributed by atoms with E-state index in [0.717, 1.165) is 18.2 Å². The highest BCUT2D eigenvalue weighted by Crippen LogP contribution is 2.59. The van der Waals surface area contributed by atoms with E-state index in [-0.39, 0.29) is 41.0 Å². The van der Waals surface area contributed by atoms with Gasteiger partial charge in [0.05, 0.1) is 0 Å². The second kappa shape index (κ2) is 10.3. The molecule has 2 aliphatic heterocycles. The Bertz CT molecular complexity index is 1370. The summed E-state index contributed by atoms with van der Waals surface area (Å²) in [5.74, 6) is -1.78. The highest BCUT2D eigenvalue weighted by molar-refractivity contribution is 7.52. The molecule has 0 bridgehead atoms. The molecule has 0 saturated carbocycles. The van der Waals surface area contributed by atoms with Gasteiger partial charge in [0.25, 0.3) is 5.91 Å². The van der Waals surface area contributed by atoms with Crippen LogP contribution in [0.1, 0.15) is 42.2 Å². The number of hydrogen-bond acceptors (Lipinski definition) is 5. The molecule has 4 rings (SSSR count). The van der Waals surface area contributed by atoms with Crippen molar-refractivity contribution in [2.75, 3.05) is 27.2 Å². The van der Waals surface area contributed by atoms with Crippen LogP contribution in [0.4, 0.5) is 8.78 Å². The third kappa shape index (κ3) is 5.41. The molecule has 1 aromatic heterocycles. The molecule has 2 fully saturated rings. The van der Waals surface area contributed by atoms with E-state index in [1.165, 1.54) is 27.7 Å². The third-order valence-corrected chi connectivity index (χ3v) is 8.24. The fraction of sp³-hybridized carbons (Fsp3) is 0.500. The van der Waals surface area contributed by atoms with Crippen molar-refractivity contribution in [3.63, 3.8) is 0 Å². The minimum absolute atomic E-state index is 0.0928. The van der Waals surface area contributed by atoms with Crippen LogP contribution in [0.2, 0.25) is 0 Å². The average molecular weight is 570 g/mol. The van der Waals surface area contributed by atoms with Gasteiger partial charge in [0.15, 0.2) is 0 Å². The number of benzene rings is 1. The second-order valence-electron chi connectivity index (χ2n) is 10.1. The molecule has 12 nitrogen and oxygen atoms in total. The Morgan fingerprint density at radius 2 is 1.85 bits per heavy atom. The van der Waals surface area contributed by atoms with Gasteiger partial charge in [-0.15, -0.1) is 0 Å². The standard InChI is InChI=1S/C24H30F2N5O7P/c1-13(32)30-9-8-16-5-7-20(23(35)29(2)3)31(16)22(34)19(12-30)28-21(33)18-11-14-10-15(4-6-17(14)27-18)24(25,26)39(36,37)38/h4,6,10-11,16,19-20,27H,5,7-9,12H2,1-3H3,(H,28,33)(H2,36,37,38)/t16-,19?,20+/m1/s1. The van der Waals surface area contributed by atoms with Crippen molar-refractivity contribution in [1.82, 2.24) is 25.0 Å². The summed E-state index contributed by atoms with van der Waals surface area (Å²) in [6, 6.07) is 1.94. The molecular weight excluding hydrogens is 539 g/mol. The highest BCUT2D eigenvalue weighted by atomic mass is 31.2. The van der Waals surface area contributed by atoms with Crippen molar-refractivity contribution < 1.29 is 42.3 Å². The Morgan fingerprint density at radius 1 is 1.15 bits per heavy atom. The Hall–Kier alpha value is -3.35. The number of nitrogens with one attached hydrogen (secondary N) is 2. The van der Waals surface area contributed by atoms with Gasteiger partial charge in [0.2, 0.25) is 17.7 Å². The van der Waals surface area contributed by atoms with E-state index in [1.807, 2.05) is 0 Å². The SMILES string of the molecule is CC(=O)N1CC[C@H]2CC[C@@H](C(=O)N(C)C)N2C(=O)C(NC(=O)c2cc3cc(C(F)(F)P(=O)(O)O)ccc3[nH]2)C1. The molecule has 2 aliphatic rings. The van der Waals surface area contributed by atoms with Crippen LogP contribution in [0.3, 0.4) is 0 Å². The number of H-pyrrole nitrogens is 1. The fourth-order valence-corrected chi connectivity index (χ4v) is 5.63. The van der Waals surface area contributed by atoms with E-state index in [1.54, 1.807) is 14.1 Å². The average Bonchev–Trinajstić information content (AvgIpc) is 3.46. The Balaban J connectivity index is 1.63. The summed E-state index contributed by atoms with van der Waals surface area (Å²) in [5, 5.41) is 2.71. The molecule has 39 heavy (non-hydrogen) atoms. The van der Waals surface area contributed by atoms with E-state index in [9.17, 15) is 32.5 Å². The largest absolute Gasteiger partial charge is 0.399 e. The first-order valence-electron chi connectivity index (χ1n) is 12.3. The summed E-state index contributed by atoms with van der Waals surface area (Å²) in [7, 11) is -2.60. The molecule has 1 unspecified atom stereocenters. The number of amides is 4. The second-order valence-corrected chi connectivity index (χ2v) is 11.7. The number of carbonyl (C=O) groups is 4. The van der Waals surface area contributed by atoms with Crippen LogP contribution >= 0.6 is 7.60 Å². The number of halogens is 2. The highest BCUT2D eigenvalue weighted by Gasteiger charge is 2.50. The molecule has 0 aliphatic carbocycles. The number of rotatable bonds is 5. The van der Waals surface area contributed by atoms with E-state index >= 15 is 0 Å². The minimum Gasteiger partial charge on any atom is -0.351 e. The molecule has 2 aromatic rings. The number of nitrogens with zero attached hydrogens (tertiary/aromatic N) is 3. The van der Waals surface area contributed by atoms with E-state index < -0.39 is 42.7 Å². The maximum atomic E-state index is 14.2. The molecular formula is C24H30F2N5O7P. The summed E-state index contributed by atoms with van der Waals surface area (Å²) in [5.41, 5.74) is -5.19. The number of carbonyl (C=O) groups excluding carboxylic acids is 4. The van der Waals surface area contributed by atoms with Crippen LogP contribution in [0.15, 0.2) is 24.3 Å². The quantitative estimate of drug-likeness (QED) is 0.393. The molecule has 15 heteroatoms. The summed E-state index contributed by atoms with van der Waals surface area (Å²) in [6.45, 7) is 1.57. The molecule has 1 aromatic carbocycles. The van der Waals surface area contributed by atoms with Crippen LogP contribution in [-0.4, -0.2) is 98.4 Å². The number of aromatic amines is 1. The van der Waals surface area contributed by atoms with Gasteiger partial charge in [0.1, 0.15) is 17.8 Å². The predicted octanol–water partition coefficient (Wildman–Crippen LogP) is 1.19. The first-order valence-corrected chi connectivity index (χ1v) is 13.9. The van der Waals surface area contributed by atoms with Gasteiger partial charge < -0.3 is 34.8 Å². The zero-order valence-corrected chi connectivity index (χ0v) is 22.5. The van der Waals surface area contributed by atoms with Crippen molar-refractivity contribution in [3.05, 3.63) is 35.5 Å². The van der Waals surface area contributed by atoms with Gasteiger partial charge in [-0.3, -0.25) is 23.7 Å². The maximum absolute atomic E-state index is 14.2. The number of likely N-dealkylation sites (N-methyl/N-ethyl adjacent to an activating group) is 1. The predicted molar refractivity (Wildman–Crippen MR) is 135 cm³/mol. The summed E-state index contributed by atoms with van der Waals surface area (Å²) in [4.78, 5) is 77.1. The summed E-state index contributed by atoms with van der Waals surface area (Å²) in [6.07, 6.45) is 1.52. The van der Waals surface area contributed by atoms with Crippen LogP contribution in [-0.2, 0) is 24.6 Å². The van der Waals surface area contributed by atoms with Gasteiger partial charge in [-0.1, -0.05) is 6.07 Å². The lowest BCUT2D eigenvalue weighted by atomic mass is 10.1. The number of hydrogen-bond donors (Lipinski definition) is 4. The normalized spacial score (nSPS) is 22.3. The van der Waals surface area contributed by atoms with E-state index in [4.69, 9.17) is 9.79 Å². The van der Waals surface area contributed by atoms with Gasteiger partial charge in [-0.05, 0) is 37.5 Å². The molecule has 2 saturated heterocycles. The molecule has 3 heterocycles. The Kier molecular flexibility index (Phi) is 7.58. The molecule has 0 radical (unpaired) electrons. The van der Waals surface area contributed by atoms with Crippen LogP contribution < -0.4 is 5.32 Å². The first-order chi connectivity index (χ1) is 18.1. The summed E-state index contributed by atoms with van der Waals surface area (Å²) < 4.78 is 39.6. The molecule has 3 atom stereocenters. The minimum atomic E-state index is -5.79. The van der Waals surface area contributed by atoms with Crippen molar-refractivity contribution in [1.29, 1.82) is 0 Å². The summed E-state index contributed by atoms with van der Waals surface area (Å²) >= 11 is 0. The lowest BCUT2D eigenvalue weighted by Crippen LogP contribution is -2.61. The lowest BCUT2D eigenvalue weighted by Gasteiger charge is -2.38. The van der Waals surface area contributed by atoms with Crippen LogP contribution in [0.25, 0.3) is 10.9 Å². The smallest absolute Gasteiger partial charge is 0.351 e. The van der Waals surface area contributed by atoms with Crippen LogP contribution in [0, 0.1) is 0 Å². The maximum Gasteiger partial charge on any atom is 0.399 e. The van der Waals surface area contributed by atoms with Crippen molar-refractivity contribution >= 4 is 42.1 Å². The number of aromatic nitrogens is 1. The lowest BCUT2D eigenvalue weighted by molar-refractivity contribution is -0.147. The van der Waals surface area contributed by atoms with E-state index in [2.05, 4.69) is 10.3 Å². The van der Waals surface area contributed by atoms with Crippen molar-refractivity contribution in [3.8, 4) is 0 Å². The zero-order valence-electron chi connectivity index (χ0n) is 21.6. The fourth-order valence-electron chi connectivity index (χ4n) is 5.15. The topological polar surface area (TPSA) is 163 Å². The number of alkyl halides is 2. The molecule has 0 spiro atoms. The van der Waals surface area contributed by atoms with Gasteiger partial charge in [0, 0.05) is 56.6 Å². The Labute approximate surface area is 222 Å². The van der Waals surface area contributed by atoms with Crippen molar-refractivity contribution in [2.24, 2.45) is 0 Å². The van der Waals surface area contributed by atoms with Gasteiger partial charge >= 0.3 is 13.3 Å². The van der Waals surface area contributed by atoms with Crippen LogP contribution in [0.5, 0.6) is 0 Å². The van der Waals surface area contributed by atoms with Gasteiger partial charge in [-0.2, -0.15) is 8.78 Å². The van der Waals surface area contributed by atoms with Gasteiger partial charge in [-0.25, -0.2) is 0 Å². The first kappa shape index (κ1) is 28.7. The van der Waals surface area contributed by atoms with Crippen molar-refractivity contribution in [2.45, 2.75) is 50.0 Å². The molecule has 212 valence electrons. The third-order valence-electron chi connectivity index (χ3n) is 7.25. The monoisotopic (exact) mass is 569 g/mol. The molecule has 4 N–H and O–H groups in total. The number of fused-ring (bicyclic) bond motifs is 2. The zero-order chi connectivity index (χ0) is 28.9. The molecule has 4 amide bonds. The van der Waals surface area contributed by atoms with E-state index in [0.29, 0.717) is 25.8 Å². The Morgan fingerprint density at radius 3 is 2.46 bits per heavy atom.